The van der Waals surface area contributed by atoms with Gasteiger partial charge in [-0.1, -0.05) is 12.1 Å². The fourth-order valence-corrected chi connectivity index (χ4v) is 3.33. The molecule has 1 saturated carbocycles. The molecule has 0 saturated heterocycles. The first-order valence-electron chi connectivity index (χ1n) is 7.40. The van der Waals surface area contributed by atoms with E-state index in [2.05, 4.69) is 9.88 Å². The van der Waals surface area contributed by atoms with Crippen LogP contribution >= 0.6 is 0 Å². The summed E-state index contributed by atoms with van der Waals surface area (Å²) in [7, 11) is 0. The summed E-state index contributed by atoms with van der Waals surface area (Å²) in [5.41, 5.74) is 2.93. The zero-order valence-corrected chi connectivity index (χ0v) is 11.9. The number of nitrogens with one attached hydrogen (secondary N) is 1. The van der Waals surface area contributed by atoms with E-state index in [9.17, 15) is 9.18 Å². The summed E-state index contributed by atoms with van der Waals surface area (Å²) in [4.78, 5) is 12.1. The molecule has 0 spiro atoms. The van der Waals surface area contributed by atoms with Crippen molar-refractivity contribution in [2.24, 2.45) is 5.92 Å². The number of nitrogens with zero attached hydrogens (tertiary/aromatic N) is 1. The molecule has 1 aliphatic heterocycles. The largest absolute Gasteiger partial charge is 0.349 e. The zero-order chi connectivity index (χ0) is 14.6. The third-order valence-corrected chi connectivity index (χ3v) is 4.59. The molecule has 2 aliphatic rings. The normalized spacial score (nSPS) is 21.0. The van der Waals surface area contributed by atoms with Crippen LogP contribution in [-0.4, -0.2) is 17.0 Å². The van der Waals surface area contributed by atoms with Gasteiger partial charge in [0.25, 0.3) is 5.91 Å². The summed E-state index contributed by atoms with van der Waals surface area (Å²) < 4.78 is 16.2. The van der Waals surface area contributed by atoms with Gasteiger partial charge in [0.1, 0.15) is 11.5 Å². The summed E-state index contributed by atoms with van der Waals surface area (Å²) >= 11 is 0. The van der Waals surface area contributed by atoms with E-state index in [0.717, 1.165) is 11.1 Å². The Morgan fingerprint density at radius 2 is 2.14 bits per heavy atom. The lowest BCUT2D eigenvalue weighted by atomic mass is 10.0. The fourth-order valence-electron chi connectivity index (χ4n) is 3.33. The summed E-state index contributed by atoms with van der Waals surface area (Å²) in [5, 5.41) is 2.95. The smallest absolute Gasteiger partial charge is 0.268 e. The van der Waals surface area contributed by atoms with Gasteiger partial charge >= 0.3 is 0 Å². The minimum Gasteiger partial charge on any atom is -0.349 e. The van der Waals surface area contributed by atoms with Gasteiger partial charge in [0.2, 0.25) is 0 Å². The van der Waals surface area contributed by atoms with E-state index in [1.807, 2.05) is 25.3 Å². The van der Waals surface area contributed by atoms with Crippen molar-refractivity contribution in [3.05, 3.63) is 47.5 Å². The molecule has 1 N–H and O–H groups in total. The van der Waals surface area contributed by atoms with Crippen LogP contribution in [0.3, 0.4) is 0 Å². The maximum Gasteiger partial charge on any atom is 0.268 e. The molecular formula is C17H17FN2O. The Kier molecular flexibility index (Phi) is 2.67. The minimum absolute atomic E-state index is 0.0628. The molecule has 0 bridgehead atoms. The Hall–Kier alpha value is -2.10. The molecule has 2 aromatic rings. The number of hydrogen-bond acceptors (Lipinski definition) is 1. The molecule has 4 heteroatoms. The molecule has 3 nitrogen and oxygen atoms in total. The van der Waals surface area contributed by atoms with Crippen molar-refractivity contribution >= 4 is 5.91 Å². The highest BCUT2D eigenvalue weighted by Crippen LogP contribution is 2.42. The molecule has 1 aromatic carbocycles. The molecule has 21 heavy (non-hydrogen) atoms. The second kappa shape index (κ2) is 4.45. The van der Waals surface area contributed by atoms with Crippen molar-refractivity contribution in [1.29, 1.82) is 0 Å². The SMILES string of the molecule is Cc1cccc(F)c1-c1cc2n(c1)C(C1CC1)CNC2=O. The molecule has 4 rings (SSSR count). The average molecular weight is 284 g/mol. The molecule has 0 radical (unpaired) electrons. The molecule has 1 unspecified atom stereocenters. The van der Waals surface area contributed by atoms with Crippen molar-refractivity contribution in [3.8, 4) is 11.1 Å². The number of fused-ring (bicyclic) bond motifs is 1. The molecule has 1 atom stereocenters. The third-order valence-electron chi connectivity index (χ3n) is 4.59. The van der Waals surface area contributed by atoms with E-state index in [0.29, 0.717) is 29.8 Å². The van der Waals surface area contributed by atoms with Crippen LogP contribution in [0.15, 0.2) is 30.5 Å². The Bertz CT molecular complexity index is 710. The van der Waals surface area contributed by atoms with E-state index in [1.54, 1.807) is 6.07 Å². The third kappa shape index (κ3) is 1.97. The number of aromatic nitrogens is 1. The van der Waals surface area contributed by atoms with Crippen molar-refractivity contribution in [1.82, 2.24) is 9.88 Å². The molecule has 1 amide bonds. The number of amides is 1. The monoisotopic (exact) mass is 284 g/mol. The number of carbonyl (C=O) groups excluding carboxylic acids is 1. The quantitative estimate of drug-likeness (QED) is 0.902. The number of halogens is 1. The molecule has 1 aliphatic carbocycles. The maximum absolute atomic E-state index is 14.2. The standard InChI is InChI=1S/C17H17FN2O/c1-10-3-2-4-13(18)16(10)12-7-14-17(21)19-8-15(11-5-6-11)20(14)9-12/h2-4,7,9,11,15H,5-6,8H2,1H3,(H,19,21). The van der Waals surface area contributed by atoms with Gasteiger partial charge in [0.15, 0.2) is 0 Å². The van der Waals surface area contributed by atoms with Crippen LogP contribution in [0.2, 0.25) is 0 Å². The first kappa shape index (κ1) is 12.6. The average Bonchev–Trinajstić information content (AvgIpc) is 3.18. The number of aryl methyl sites for hydroxylation is 1. The van der Waals surface area contributed by atoms with E-state index in [4.69, 9.17) is 0 Å². The molecule has 2 heterocycles. The highest BCUT2D eigenvalue weighted by molar-refractivity contribution is 5.95. The second-order valence-electron chi connectivity index (χ2n) is 6.07. The lowest BCUT2D eigenvalue weighted by Crippen LogP contribution is -2.39. The van der Waals surface area contributed by atoms with E-state index >= 15 is 0 Å². The first-order valence-corrected chi connectivity index (χ1v) is 7.40. The topological polar surface area (TPSA) is 34.0 Å². The predicted molar refractivity (Wildman–Crippen MR) is 78.7 cm³/mol. The summed E-state index contributed by atoms with van der Waals surface area (Å²) in [6.45, 7) is 2.58. The van der Waals surface area contributed by atoms with Crippen LogP contribution < -0.4 is 5.32 Å². The van der Waals surface area contributed by atoms with Gasteiger partial charge in [-0.3, -0.25) is 4.79 Å². The minimum atomic E-state index is -0.235. The molecular weight excluding hydrogens is 267 g/mol. The summed E-state index contributed by atoms with van der Waals surface area (Å²) in [5.74, 6) is 0.347. The molecule has 1 aromatic heterocycles. The van der Waals surface area contributed by atoms with Gasteiger partial charge in [-0.05, 0) is 43.4 Å². The molecule has 108 valence electrons. The van der Waals surface area contributed by atoms with Crippen molar-refractivity contribution in [2.45, 2.75) is 25.8 Å². The van der Waals surface area contributed by atoms with Crippen LogP contribution in [0.25, 0.3) is 11.1 Å². The van der Waals surface area contributed by atoms with Crippen LogP contribution in [-0.2, 0) is 0 Å². The number of carbonyl (C=O) groups is 1. The lowest BCUT2D eigenvalue weighted by Gasteiger charge is -2.26. The van der Waals surface area contributed by atoms with E-state index in [-0.39, 0.29) is 11.7 Å². The summed E-state index contributed by atoms with van der Waals surface area (Å²) in [6, 6.07) is 7.21. The predicted octanol–water partition coefficient (Wildman–Crippen LogP) is 3.30. The highest BCUT2D eigenvalue weighted by Gasteiger charge is 2.37. The van der Waals surface area contributed by atoms with Gasteiger partial charge in [0, 0.05) is 23.9 Å². The van der Waals surface area contributed by atoms with Crippen LogP contribution in [0.5, 0.6) is 0 Å². The lowest BCUT2D eigenvalue weighted by molar-refractivity contribution is 0.0910. The molecule has 1 fully saturated rings. The van der Waals surface area contributed by atoms with Gasteiger partial charge in [0.05, 0.1) is 6.04 Å². The highest BCUT2D eigenvalue weighted by atomic mass is 19.1. The Morgan fingerprint density at radius 3 is 2.86 bits per heavy atom. The first-order chi connectivity index (χ1) is 10.1. The van der Waals surface area contributed by atoms with Gasteiger partial charge in [-0.15, -0.1) is 0 Å². The zero-order valence-electron chi connectivity index (χ0n) is 11.9. The van der Waals surface area contributed by atoms with Gasteiger partial charge < -0.3 is 9.88 Å². The van der Waals surface area contributed by atoms with Crippen LogP contribution in [0, 0.1) is 18.7 Å². The Balaban J connectivity index is 1.85. The Morgan fingerprint density at radius 1 is 1.33 bits per heavy atom. The van der Waals surface area contributed by atoms with Crippen molar-refractivity contribution in [3.63, 3.8) is 0 Å². The fraction of sp³-hybridized carbons (Fsp3) is 0.353. The Labute approximate surface area is 122 Å². The van der Waals surface area contributed by atoms with Crippen LogP contribution in [0.1, 0.15) is 34.9 Å². The number of hydrogen-bond donors (Lipinski definition) is 1. The van der Waals surface area contributed by atoms with Gasteiger partial charge in [-0.2, -0.15) is 0 Å². The van der Waals surface area contributed by atoms with Gasteiger partial charge in [-0.25, -0.2) is 4.39 Å². The van der Waals surface area contributed by atoms with E-state index < -0.39 is 0 Å². The van der Waals surface area contributed by atoms with Crippen molar-refractivity contribution in [2.75, 3.05) is 6.54 Å². The second-order valence-corrected chi connectivity index (χ2v) is 6.07. The van der Waals surface area contributed by atoms with Crippen molar-refractivity contribution < 1.29 is 9.18 Å². The maximum atomic E-state index is 14.2. The number of rotatable bonds is 2. The van der Waals surface area contributed by atoms with E-state index in [1.165, 1.54) is 18.9 Å². The summed E-state index contributed by atoms with van der Waals surface area (Å²) in [6.07, 6.45) is 4.38. The van der Waals surface area contributed by atoms with Crippen LogP contribution in [0.4, 0.5) is 4.39 Å². The number of benzene rings is 1.